The van der Waals surface area contributed by atoms with Crippen LogP contribution in [0.4, 0.5) is 0 Å². The fourth-order valence-electron chi connectivity index (χ4n) is 1.13. The van der Waals surface area contributed by atoms with Crippen molar-refractivity contribution < 1.29 is 4.79 Å². The van der Waals surface area contributed by atoms with Gasteiger partial charge in [0.2, 0.25) is 5.91 Å². The number of H-pyrrole nitrogens is 1. The molecule has 0 radical (unpaired) electrons. The summed E-state index contributed by atoms with van der Waals surface area (Å²) in [6.07, 6.45) is 3.90. The summed E-state index contributed by atoms with van der Waals surface area (Å²) in [6.45, 7) is 2.59. The average molecular weight is 196 g/mol. The summed E-state index contributed by atoms with van der Waals surface area (Å²) in [4.78, 5) is 18.3. The Morgan fingerprint density at radius 2 is 2.50 bits per heavy atom. The Kier molecular flexibility index (Phi) is 4.12. The number of nitrogens with zero attached hydrogens (tertiary/aromatic N) is 1. The zero-order valence-corrected chi connectivity index (χ0v) is 8.50. The van der Waals surface area contributed by atoms with Crippen LogP contribution in [0.15, 0.2) is 12.4 Å². The Morgan fingerprint density at radius 3 is 3.07 bits per heavy atom. The molecule has 1 aromatic rings. The number of aromatic nitrogens is 2. The molecule has 3 N–H and O–H groups in total. The molecule has 78 valence electrons. The van der Waals surface area contributed by atoms with Crippen LogP contribution in [0.2, 0.25) is 0 Å². The number of amides is 1. The van der Waals surface area contributed by atoms with Crippen LogP contribution < -0.4 is 10.6 Å². The summed E-state index contributed by atoms with van der Waals surface area (Å²) in [5.41, 5.74) is 0. The van der Waals surface area contributed by atoms with Gasteiger partial charge in [0.15, 0.2) is 0 Å². The molecule has 0 aliphatic heterocycles. The number of carbonyl (C=O) groups excluding carboxylic acids is 1. The largest absolute Gasteiger partial charge is 0.347 e. The number of aromatic amines is 1. The first kappa shape index (κ1) is 10.7. The Labute approximate surface area is 83.3 Å². The van der Waals surface area contributed by atoms with E-state index < -0.39 is 0 Å². The van der Waals surface area contributed by atoms with Gasteiger partial charge < -0.3 is 15.6 Å². The van der Waals surface area contributed by atoms with Gasteiger partial charge in [-0.1, -0.05) is 0 Å². The van der Waals surface area contributed by atoms with E-state index in [1.807, 2.05) is 14.0 Å². The molecule has 1 rings (SSSR count). The monoisotopic (exact) mass is 196 g/mol. The Bertz CT molecular complexity index is 270. The summed E-state index contributed by atoms with van der Waals surface area (Å²) < 4.78 is 0. The van der Waals surface area contributed by atoms with E-state index in [0.29, 0.717) is 13.0 Å². The molecule has 0 aliphatic rings. The van der Waals surface area contributed by atoms with Crippen LogP contribution in [0.5, 0.6) is 0 Å². The fraction of sp³-hybridized carbons (Fsp3) is 0.556. The molecule has 14 heavy (non-hydrogen) atoms. The van der Waals surface area contributed by atoms with Crippen molar-refractivity contribution in [3.63, 3.8) is 0 Å². The van der Waals surface area contributed by atoms with E-state index in [2.05, 4.69) is 20.6 Å². The molecule has 5 heteroatoms. The lowest BCUT2D eigenvalue weighted by Gasteiger charge is -2.10. The third-order valence-electron chi connectivity index (χ3n) is 1.91. The zero-order valence-electron chi connectivity index (χ0n) is 8.50. The van der Waals surface area contributed by atoms with E-state index in [4.69, 9.17) is 0 Å². The van der Waals surface area contributed by atoms with Crippen molar-refractivity contribution in [1.82, 2.24) is 20.6 Å². The van der Waals surface area contributed by atoms with Crippen molar-refractivity contribution in [3.8, 4) is 0 Å². The Morgan fingerprint density at radius 1 is 1.71 bits per heavy atom. The molecule has 1 atom stereocenters. The lowest BCUT2D eigenvalue weighted by Crippen LogP contribution is -2.29. The molecule has 1 unspecified atom stereocenters. The van der Waals surface area contributed by atoms with Crippen molar-refractivity contribution in [2.45, 2.75) is 19.4 Å². The molecule has 1 heterocycles. The van der Waals surface area contributed by atoms with Crippen molar-refractivity contribution in [2.24, 2.45) is 0 Å². The van der Waals surface area contributed by atoms with Gasteiger partial charge in [0.25, 0.3) is 0 Å². The van der Waals surface area contributed by atoms with Crippen LogP contribution in [0.3, 0.4) is 0 Å². The first-order valence-electron chi connectivity index (χ1n) is 4.67. The quantitative estimate of drug-likeness (QED) is 0.630. The van der Waals surface area contributed by atoms with Gasteiger partial charge in [0.1, 0.15) is 5.82 Å². The van der Waals surface area contributed by atoms with Crippen LogP contribution >= 0.6 is 0 Å². The predicted octanol–water partition coefficient (Wildman–Crippen LogP) is 0.196. The van der Waals surface area contributed by atoms with Gasteiger partial charge in [0.05, 0.1) is 6.04 Å². The topological polar surface area (TPSA) is 69.8 Å². The van der Waals surface area contributed by atoms with E-state index in [1.165, 1.54) is 0 Å². The molecule has 0 fully saturated rings. The highest BCUT2D eigenvalue weighted by molar-refractivity contribution is 5.76. The van der Waals surface area contributed by atoms with Gasteiger partial charge in [-0.05, 0) is 14.0 Å². The second-order valence-electron chi connectivity index (χ2n) is 3.12. The van der Waals surface area contributed by atoms with Gasteiger partial charge in [-0.2, -0.15) is 0 Å². The van der Waals surface area contributed by atoms with Gasteiger partial charge in [0, 0.05) is 25.4 Å². The minimum atomic E-state index is -0.0608. The normalized spacial score (nSPS) is 12.4. The van der Waals surface area contributed by atoms with E-state index in [1.54, 1.807) is 12.4 Å². The molecular weight excluding hydrogens is 180 g/mol. The maximum absolute atomic E-state index is 11.3. The number of nitrogens with one attached hydrogen (secondary N) is 3. The Hall–Kier alpha value is -1.36. The molecule has 0 bridgehead atoms. The molecule has 5 nitrogen and oxygen atoms in total. The lowest BCUT2D eigenvalue weighted by molar-refractivity contribution is -0.121. The number of hydrogen-bond acceptors (Lipinski definition) is 3. The Balaban J connectivity index is 2.33. The molecule has 1 amide bonds. The van der Waals surface area contributed by atoms with Crippen molar-refractivity contribution >= 4 is 5.91 Å². The van der Waals surface area contributed by atoms with E-state index in [0.717, 1.165) is 5.82 Å². The molecular formula is C9H16N4O. The molecule has 0 aliphatic carbocycles. The van der Waals surface area contributed by atoms with Gasteiger partial charge in [-0.15, -0.1) is 0 Å². The van der Waals surface area contributed by atoms with Crippen LogP contribution in [-0.4, -0.2) is 29.5 Å². The molecule has 0 spiro atoms. The molecule has 1 aromatic heterocycles. The van der Waals surface area contributed by atoms with Crippen molar-refractivity contribution in [2.75, 3.05) is 13.6 Å². The highest BCUT2D eigenvalue weighted by Crippen LogP contribution is 2.04. The minimum absolute atomic E-state index is 0.0308. The molecule has 0 saturated carbocycles. The van der Waals surface area contributed by atoms with Crippen molar-refractivity contribution in [3.05, 3.63) is 18.2 Å². The molecule has 0 saturated heterocycles. The van der Waals surface area contributed by atoms with E-state index >= 15 is 0 Å². The highest BCUT2D eigenvalue weighted by Gasteiger charge is 2.10. The lowest BCUT2D eigenvalue weighted by atomic mass is 10.3. The summed E-state index contributed by atoms with van der Waals surface area (Å²) >= 11 is 0. The van der Waals surface area contributed by atoms with Gasteiger partial charge in [-0.3, -0.25) is 4.79 Å². The highest BCUT2D eigenvalue weighted by atomic mass is 16.1. The SMILES string of the molecule is CNCCC(=O)NC(C)c1ncc[nH]1. The van der Waals surface area contributed by atoms with Gasteiger partial charge >= 0.3 is 0 Å². The van der Waals surface area contributed by atoms with E-state index in [9.17, 15) is 4.79 Å². The van der Waals surface area contributed by atoms with Crippen LogP contribution in [0.25, 0.3) is 0 Å². The van der Waals surface area contributed by atoms with Crippen molar-refractivity contribution in [1.29, 1.82) is 0 Å². The minimum Gasteiger partial charge on any atom is -0.347 e. The predicted molar refractivity (Wildman–Crippen MR) is 53.7 cm³/mol. The summed E-state index contributed by atoms with van der Waals surface area (Å²) in [6, 6.07) is -0.0608. The number of carbonyl (C=O) groups is 1. The first-order chi connectivity index (χ1) is 6.74. The second-order valence-corrected chi connectivity index (χ2v) is 3.12. The zero-order chi connectivity index (χ0) is 10.4. The second kappa shape index (κ2) is 5.39. The summed E-state index contributed by atoms with van der Waals surface area (Å²) in [7, 11) is 1.82. The van der Waals surface area contributed by atoms with Crippen LogP contribution in [0.1, 0.15) is 25.2 Å². The maximum atomic E-state index is 11.3. The summed E-state index contributed by atoms with van der Waals surface area (Å²) in [5, 5.41) is 5.77. The summed E-state index contributed by atoms with van der Waals surface area (Å²) in [5.74, 6) is 0.811. The van der Waals surface area contributed by atoms with Crippen LogP contribution in [0, 0.1) is 0 Å². The standard InChI is InChI=1S/C9H16N4O/c1-7(9-11-5-6-12-9)13-8(14)3-4-10-2/h5-7,10H,3-4H2,1-2H3,(H,11,12)(H,13,14). The molecule has 0 aromatic carbocycles. The van der Waals surface area contributed by atoms with Crippen LogP contribution in [-0.2, 0) is 4.79 Å². The van der Waals surface area contributed by atoms with Gasteiger partial charge in [-0.25, -0.2) is 4.98 Å². The smallest absolute Gasteiger partial charge is 0.221 e. The first-order valence-corrected chi connectivity index (χ1v) is 4.67. The maximum Gasteiger partial charge on any atom is 0.221 e. The number of hydrogen-bond donors (Lipinski definition) is 3. The van der Waals surface area contributed by atoms with E-state index in [-0.39, 0.29) is 11.9 Å². The average Bonchev–Trinajstić information content (AvgIpc) is 2.67. The fourth-order valence-corrected chi connectivity index (χ4v) is 1.13. The number of rotatable bonds is 5. The third kappa shape index (κ3) is 3.18. The number of imidazole rings is 1. The third-order valence-corrected chi connectivity index (χ3v) is 1.91.